The van der Waals surface area contributed by atoms with E-state index in [0.29, 0.717) is 10.0 Å². The molecule has 0 N–H and O–H groups in total. The summed E-state index contributed by atoms with van der Waals surface area (Å²) in [5.41, 5.74) is 2.28. The van der Waals surface area contributed by atoms with E-state index in [-0.39, 0.29) is 0 Å². The number of benzene rings is 2. The standard InChI is InChI=1S/C15H10BrCl2N/c16-11-3-1-2-10(6-11)9-19-5-4-13-14(18)7-12(17)8-15(13)19/h1-8H,9H2. The van der Waals surface area contributed by atoms with Crippen LogP contribution in [0.2, 0.25) is 10.0 Å². The van der Waals surface area contributed by atoms with Gasteiger partial charge in [0.25, 0.3) is 0 Å². The zero-order valence-electron chi connectivity index (χ0n) is 9.91. The van der Waals surface area contributed by atoms with Crippen molar-refractivity contribution in [2.45, 2.75) is 6.54 Å². The van der Waals surface area contributed by atoms with E-state index in [9.17, 15) is 0 Å². The zero-order valence-corrected chi connectivity index (χ0v) is 13.0. The highest BCUT2D eigenvalue weighted by Gasteiger charge is 2.07. The summed E-state index contributed by atoms with van der Waals surface area (Å²) in [5, 5.41) is 2.38. The third-order valence-electron chi connectivity index (χ3n) is 3.04. The van der Waals surface area contributed by atoms with Crippen LogP contribution >= 0.6 is 39.1 Å². The normalized spacial score (nSPS) is 11.1. The molecule has 1 nitrogen and oxygen atoms in total. The van der Waals surface area contributed by atoms with E-state index in [1.165, 1.54) is 5.56 Å². The van der Waals surface area contributed by atoms with Gasteiger partial charge in [-0.3, -0.25) is 0 Å². The fourth-order valence-electron chi connectivity index (χ4n) is 2.19. The molecule has 0 bridgehead atoms. The Balaban J connectivity index is 2.06. The van der Waals surface area contributed by atoms with Crippen LogP contribution < -0.4 is 0 Å². The molecule has 0 aliphatic heterocycles. The second-order valence-corrected chi connectivity index (χ2v) is 6.15. The predicted octanol–water partition coefficient (Wildman–Crippen LogP) is 5.76. The molecule has 0 saturated heterocycles. The van der Waals surface area contributed by atoms with Crippen LogP contribution in [-0.2, 0) is 6.54 Å². The minimum absolute atomic E-state index is 0.659. The maximum absolute atomic E-state index is 6.20. The second-order valence-electron chi connectivity index (χ2n) is 4.39. The van der Waals surface area contributed by atoms with Crippen LogP contribution in [0.25, 0.3) is 10.9 Å². The number of halogens is 3. The number of hydrogen-bond donors (Lipinski definition) is 0. The molecule has 0 aliphatic carbocycles. The van der Waals surface area contributed by atoms with Crippen LogP contribution in [0, 0.1) is 0 Å². The Morgan fingerprint density at radius 2 is 1.89 bits per heavy atom. The molecule has 0 spiro atoms. The molecule has 3 rings (SSSR count). The van der Waals surface area contributed by atoms with Gasteiger partial charge in [0.2, 0.25) is 0 Å². The Hall–Kier alpha value is -0.960. The van der Waals surface area contributed by atoms with Crippen LogP contribution in [0.4, 0.5) is 0 Å². The van der Waals surface area contributed by atoms with Gasteiger partial charge in [-0.2, -0.15) is 0 Å². The number of aromatic nitrogens is 1. The fourth-order valence-corrected chi connectivity index (χ4v) is 3.18. The summed E-state index contributed by atoms with van der Waals surface area (Å²) >= 11 is 15.8. The summed E-state index contributed by atoms with van der Waals surface area (Å²) < 4.78 is 3.23. The van der Waals surface area contributed by atoms with Crippen LogP contribution in [0.5, 0.6) is 0 Å². The monoisotopic (exact) mass is 353 g/mol. The Bertz CT molecular complexity index is 749. The van der Waals surface area contributed by atoms with E-state index in [2.05, 4.69) is 32.6 Å². The lowest BCUT2D eigenvalue weighted by Crippen LogP contribution is -1.97. The summed E-state index contributed by atoms with van der Waals surface area (Å²) in [6.07, 6.45) is 2.04. The van der Waals surface area contributed by atoms with E-state index in [4.69, 9.17) is 23.2 Å². The minimum atomic E-state index is 0.659. The molecular weight excluding hydrogens is 345 g/mol. The van der Waals surface area contributed by atoms with E-state index < -0.39 is 0 Å². The van der Waals surface area contributed by atoms with Gasteiger partial charge in [0, 0.05) is 27.6 Å². The molecule has 2 aromatic carbocycles. The smallest absolute Gasteiger partial charge is 0.0514 e. The molecule has 1 aromatic heterocycles. The first-order valence-electron chi connectivity index (χ1n) is 5.82. The van der Waals surface area contributed by atoms with Gasteiger partial charge >= 0.3 is 0 Å². The van der Waals surface area contributed by atoms with Crippen molar-refractivity contribution in [1.82, 2.24) is 4.57 Å². The van der Waals surface area contributed by atoms with Gasteiger partial charge in [0.1, 0.15) is 0 Å². The van der Waals surface area contributed by atoms with E-state index in [0.717, 1.165) is 21.9 Å². The molecule has 96 valence electrons. The highest BCUT2D eigenvalue weighted by atomic mass is 79.9. The summed E-state index contributed by atoms with van der Waals surface area (Å²) in [5.74, 6) is 0. The van der Waals surface area contributed by atoms with Crippen molar-refractivity contribution in [2.24, 2.45) is 0 Å². The van der Waals surface area contributed by atoms with Crippen molar-refractivity contribution >= 4 is 50.0 Å². The molecular formula is C15H10BrCl2N. The summed E-state index contributed by atoms with van der Waals surface area (Å²) in [4.78, 5) is 0. The van der Waals surface area contributed by atoms with Gasteiger partial charge in [-0.25, -0.2) is 0 Å². The number of rotatable bonds is 2. The number of hydrogen-bond acceptors (Lipinski definition) is 0. The largest absolute Gasteiger partial charge is 0.343 e. The molecule has 0 unspecified atom stereocenters. The lowest BCUT2D eigenvalue weighted by atomic mass is 10.2. The van der Waals surface area contributed by atoms with Gasteiger partial charge in [0.15, 0.2) is 0 Å². The van der Waals surface area contributed by atoms with E-state index in [1.807, 2.05) is 30.5 Å². The third-order valence-corrected chi connectivity index (χ3v) is 4.07. The van der Waals surface area contributed by atoms with Gasteiger partial charge in [-0.1, -0.05) is 51.3 Å². The highest BCUT2D eigenvalue weighted by Crippen LogP contribution is 2.29. The molecule has 0 atom stereocenters. The molecule has 0 saturated carbocycles. The average Bonchev–Trinajstić information content (AvgIpc) is 2.73. The van der Waals surface area contributed by atoms with E-state index in [1.54, 1.807) is 6.07 Å². The topological polar surface area (TPSA) is 4.93 Å². The second kappa shape index (κ2) is 5.20. The molecule has 3 aromatic rings. The third kappa shape index (κ3) is 2.66. The van der Waals surface area contributed by atoms with Gasteiger partial charge in [0.05, 0.1) is 10.5 Å². The maximum Gasteiger partial charge on any atom is 0.0514 e. The lowest BCUT2D eigenvalue weighted by molar-refractivity contribution is 0.836. The van der Waals surface area contributed by atoms with Crippen LogP contribution in [-0.4, -0.2) is 4.57 Å². The highest BCUT2D eigenvalue weighted by molar-refractivity contribution is 9.10. The SMILES string of the molecule is Clc1cc(Cl)c2ccn(Cc3cccc(Br)c3)c2c1. The van der Waals surface area contributed by atoms with Crippen molar-refractivity contribution in [3.05, 3.63) is 68.7 Å². The Kier molecular flexibility index (Phi) is 3.57. The van der Waals surface area contributed by atoms with Gasteiger partial charge in [-0.15, -0.1) is 0 Å². The van der Waals surface area contributed by atoms with Crippen molar-refractivity contribution in [3.63, 3.8) is 0 Å². The Morgan fingerprint density at radius 3 is 2.68 bits per heavy atom. The first kappa shape index (κ1) is 13.0. The van der Waals surface area contributed by atoms with Crippen LogP contribution in [0.3, 0.4) is 0 Å². The van der Waals surface area contributed by atoms with Crippen molar-refractivity contribution in [1.29, 1.82) is 0 Å². The molecule has 19 heavy (non-hydrogen) atoms. The average molecular weight is 355 g/mol. The Labute approximate surface area is 129 Å². The van der Waals surface area contributed by atoms with Crippen LogP contribution in [0.1, 0.15) is 5.56 Å². The molecule has 0 aliphatic rings. The molecule has 0 radical (unpaired) electrons. The van der Waals surface area contributed by atoms with E-state index >= 15 is 0 Å². The molecule has 0 fully saturated rings. The van der Waals surface area contributed by atoms with Gasteiger partial charge < -0.3 is 4.57 Å². The first-order chi connectivity index (χ1) is 9.13. The summed E-state index contributed by atoms with van der Waals surface area (Å²) in [6, 6.07) is 14.0. The lowest BCUT2D eigenvalue weighted by Gasteiger charge is -2.07. The number of nitrogens with zero attached hydrogens (tertiary/aromatic N) is 1. The minimum Gasteiger partial charge on any atom is -0.343 e. The molecule has 1 heterocycles. The summed E-state index contributed by atoms with van der Waals surface area (Å²) in [6.45, 7) is 0.791. The predicted molar refractivity (Wildman–Crippen MR) is 85.2 cm³/mol. The van der Waals surface area contributed by atoms with Crippen molar-refractivity contribution in [3.8, 4) is 0 Å². The molecule has 4 heteroatoms. The molecule has 0 amide bonds. The summed E-state index contributed by atoms with van der Waals surface area (Å²) in [7, 11) is 0. The van der Waals surface area contributed by atoms with Gasteiger partial charge in [-0.05, 0) is 35.9 Å². The van der Waals surface area contributed by atoms with Crippen molar-refractivity contribution < 1.29 is 0 Å². The zero-order chi connectivity index (χ0) is 13.4. The maximum atomic E-state index is 6.20. The van der Waals surface area contributed by atoms with Crippen LogP contribution in [0.15, 0.2) is 53.1 Å². The fraction of sp³-hybridized carbons (Fsp3) is 0.0667. The Morgan fingerprint density at radius 1 is 1.05 bits per heavy atom. The quantitative estimate of drug-likeness (QED) is 0.551. The van der Waals surface area contributed by atoms with Crippen molar-refractivity contribution in [2.75, 3.05) is 0 Å². The number of fused-ring (bicyclic) bond motifs is 1. The first-order valence-corrected chi connectivity index (χ1v) is 7.37.